The van der Waals surface area contributed by atoms with Crippen molar-refractivity contribution < 1.29 is 5.11 Å². The van der Waals surface area contributed by atoms with Crippen molar-refractivity contribution in [2.45, 2.75) is 32.8 Å². The third-order valence-corrected chi connectivity index (χ3v) is 4.21. The molecule has 0 fully saturated rings. The molecule has 0 amide bonds. The first-order valence-electron chi connectivity index (χ1n) is 6.34. The number of aliphatic hydroxyl groups is 1. The number of pyridine rings is 1. The fraction of sp³-hybridized carbons (Fsp3) is 0.429. The van der Waals surface area contributed by atoms with Crippen LogP contribution in [-0.2, 0) is 19.9 Å². The van der Waals surface area contributed by atoms with Gasteiger partial charge in [0.05, 0.1) is 22.0 Å². The van der Waals surface area contributed by atoms with Crippen LogP contribution in [0.4, 0.5) is 0 Å². The van der Waals surface area contributed by atoms with Gasteiger partial charge < -0.3 is 5.11 Å². The van der Waals surface area contributed by atoms with Crippen LogP contribution in [0, 0.1) is 6.92 Å². The van der Waals surface area contributed by atoms with Gasteiger partial charge in [-0.05, 0) is 35.3 Å². The number of hydrogen-bond donors (Lipinski definition) is 1. The highest BCUT2D eigenvalue weighted by atomic mass is 79.9. The summed E-state index contributed by atoms with van der Waals surface area (Å²) in [4.78, 5) is 4.21. The number of rotatable bonds is 4. The zero-order valence-corrected chi connectivity index (χ0v) is 13.0. The van der Waals surface area contributed by atoms with Crippen LogP contribution in [0.2, 0.25) is 0 Å². The molecule has 0 aliphatic heterocycles. The van der Waals surface area contributed by atoms with Gasteiger partial charge in [-0.2, -0.15) is 5.10 Å². The highest BCUT2D eigenvalue weighted by Gasteiger charge is 2.18. The van der Waals surface area contributed by atoms with E-state index in [-0.39, 0.29) is 0 Å². The Kier molecular flexibility index (Phi) is 4.37. The van der Waals surface area contributed by atoms with Gasteiger partial charge in [0.15, 0.2) is 0 Å². The summed E-state index contributed by atoms with van der Waals surface area (Å²) in [7, 11) is 1.90. The molecule has 1 N–H and O–H groups in total. The first-order valence-corrected chi connectivity index (χ1v) is 7.13. The number of hydrogen-bond acceptors (Lipinski definition) is 3. The van der Waals surface area contributed by atoms with E-state index in [0.29, 0.717) is 6.42 Å². The van der Waals surface area contributed by atoms with Crippen molar-refractivity contribution in [1.82, 2.24) is 14.8 Å². The molecule has 0 radical (unpaired) electrons. The SMILES string of the molecule is CCc1nn(C)c(CC(O)c2cccnc2C)c1Br. The normalized spacial score (nSPS) is 12.7. The Morgan fingerprint density at radius 2 is 2.21 bits per heavy atom. The molecular weight excluding hydrogens is 306 g/mol. The molecule has 0 aliphatic rings. The molecule has 2 heterocycles. The van der Waals surface area contributed by atoms with Gasteiger partial charge in [-0.25, -0.2) is 0 Å². The molecule has 4 nitrogen and oxygen atoms in total. The van der Waals surface area contributed by atoms with Crippen molar-refractivity contribution in [3.63, 3.8) is 0 Å². The third-order valence-electron chi connectivity index (χ3n) is 3.30. The van der Waals surface area contributed by atoms with Crippen molar-refractivity contribution in [2.24, 2.45) is 7.05 Å². The van der Waals surface area contributed by atoms with E-state index in [1.807, 2.05) is 30.8 Å². The molecule has 0 aliphatic carbocycles. The van der Waals surface area contributed by atoms with E-state index in [0.717, 1.165) is 33.5 Å². The third kappa shape index (κ3) is 2.87. The molecule has 0 saturated carbocycles. The predicted molar refractivity (Wildman–Crippen MR) is 77.9 cm³/mol. The summed E-state index contributed by atoms with van der Waals surface area (Å²) in [5.41, 5.74) is 3.76. The average molecular weight is 324 g/mol. The summed E-state index contributed by atoms with van der Waals surface area (Å²) >= 11 is 3.57. The number of nitrogens with zero attached hydrogens (tertiary/aromatic N) is 3. The Labute approximate surface area is 121 Å². The van der Waals surface area contributed by atoms with Gasteiger partial charge >= 0.3 is 0 Å². The Morgan fingerprint density at radius 3 is 2.79 bits per heavy atom. The number of aliphatic hydroxyl groups excluding tert-OH is 1. The summed E-state index contributed by atoms with van der Waals surface area (Å²) < 4.78 is 2.83. The molecule has 0 aromatic carbocycles. The topological polar surface area (TPSA) is 50.9 Å². The van der Waals surface area contributed by atoms with E-state index in [4.69, 9.17) is 0 Å². The molecule has 2 rings (SSSR count). The van der Waals surface area contributed by atoms with Crippen LogP contribution in [0.5, 0.6) is 0 Å². The monoisotopic (exact) mass is 323 g/mol. The summed E-state index contributed by atoms with van der Waals surface area (Å²) in [6.45, 7) is 3.98. The Balaban J connectivity index is 2.27. The second-order valence-electron chi connectivity index (χ2n) is 4.58. The molecule has 102 valence electrons. The maximum Gasteiger partial charge on any atom is 0.0863 e. The lowest BCUT2D eigenvalue weighted by Crippen LogP contribution is -2.08. The number of aromatic nitrogens is 3. The van der Waals surface area contributed by atoms with E-state index in [9.17, 15) is 5.11 Å². The van der Waals surface area contributed by atoms with E-state index in [1.54, 1.807) is 6.20 Å². The highest BCUT2D eigenvalue weighted by Crippen LogP contribution is 2.27. The quantitative estimate of drug-likeness (QED) is 0.941. The first-order chi connectivity index (χ1) is 9.04. The molecule has 2 aromatic rings. The fourth-order valence-electron chi connectivity index (χ4n) is 2.18. The first kappa shape index (κ1) is 14.2. The van der Waals surface area contributed by atoms with Crippen LogP contribution in [0.1, 0.15) is 35.7 Å². The van der Waals surface area contributed by atoms with E-state index < -0.39 is 6.10 Å². The summed E-state index contributed by atoms with van der Waals surface area (Å²) in [5, 5.41) is 14.8. The zero-order chi connectivity index (χ0) is 14.0. The predicted octanol–water partition coefficient (Wildman–Crippen LogP) is 2.72. The van der Waals surface area contributed by atoms with E-state index >= 15 is 0 Å². The van der Waals surface area contributed by atoms with Crippen molar-refractivity contribution >= 4 is 15.9 Å². The Hall–Kier alpha value is -1.20. The smallest absolute Gasteiger partial charge is 0.0863 e. The largest absolute Gasteiger partial charge is 0.388 e. The summed E-state index contributed by atoms with van der Waals surface area (Å²) in [5.74, 6) is 0. The van der Waals surface area contributed by atoms with Gasteiger partial charge in [-0.15, -0.1) is 0 Å². The average Bonchev–Trinajstić information content (AvgIpc) is 2.66. The van der Waals surface area contributed by atoms with Gasteiger partial charge in [0.25, 0.3) is 0 Å². The molecule has 5 heteroatoms. The lowest BCUT2D eigenvalue weighted by atomic mass is 10.0. The minimum absolute atomic E-state index is 0.524. The molecule has 1 unspecified atom stereocenters. The Morgan fingerprint density at radius 1 is 1.47 bits per heavy atom. The minimum atomic E-state index is -0.565. The van der Waals surface area contributed by atoms with Crippen LogP contribution >= 0.6 is 15.9 Å². The molecule has 2 aromatic heterocycles. The van der Waals surface area contributed by atoms with Crippen molar-refractivity contribution in [3.05, 3.63) is 45.4 Å². The van der Waals surface area contributed by atoms with E-state index in [2.05, 4.69) is 32.9 Å². The van der Waals surface area contributed by atoms with Gasteiger partial charge in [-0.3, -0.25) is 9.67 Å². The number of aryl methyl sites for hydroxylation is 3. The molecule has 19 heavy (non-hydrogen) atoms. The van der Waals surface area contributed by atoms with E-state index in [1.165, 1.54) is 0 Å². The molecule has 0 bridgehead atoms. The van der Waals surface area contributed by atoms with Crippen LogP contribution in [-0.4, -0.2) is 19.9 Å². The van der Waals surface area contributed by atoms with Gasteiger partial charge in [-0.1, -0.05) is 13.0 Å². The van der Waals surface area contributed by atoms with Crippen LogP contribution in [0.25, 0.3) is 0 Å². The Bertz CT molecular complexity index is 580. The van der Waals surface area contributed by atoms with Crippen LogP contribution in [0.15, 0.2) is 22.8 Å². The molecule has 1 atom stereocenters. The van der Waals surface area contributed by atoms with Gasteiger partial charge in [0.2, 0.25) is 0 Å². The zero-order valence-electron chi connectivity index (χ0n) is 11.4. The summed E-state index contributed by atoms with van der Waals surface area (Å²) in [6, 6.07) is 3.76. The minimum Gasteiger partial charge on any atom is -0.388 e. The van der Waals surface area contributed by atoms with Crippen molar-refractivity contribution in [2.75, 3.05) is 0 Å². The fourth-order valence-corrected chi connectivity index (χ4v) is 2.96. The highest BCUT2D eigenvalue weighted by molar-refractivity contribution is 9.10. The maximum atomic E-state index is 10.4. The number of halogens is 1. The van der Waals surface area contributed by atoms with Gasteiger partial charge in [0.1, 0.15) is 0 Å². The second-order valence-corrected chi connectivity index (χ2v) is 5.38. The van der Waals surface area contributed by atoms with Gasteiger partial charge in [0, 0.05) is 30.9 Å². The molecule has 0 spiro atoms. The van der Waals surface area contributed by atoms with Crippen LogP contribution in [0.3, 0.4) is 0 Å². The molecule has 0 saturated heterocycles. The summed E-state index contributed by atoms with van der Waals surface area (Å²) in [6.07, 6.45) is 2.57. The van der Waals surface area contributed by atoms with Crippen molar-refractivity contribution in [1.29, 1.82) is 0 Å². The van der Waals surface area contributed by atoms with Crippen LogP contribution < -0.4 is 0 Å². The molecular formula is C14H18BrN3O. The lowest BCUT2D eigenvalue weighted by Gasteiger charge is -2.13. The second kappa shape index (κ2) is 5.84. The van der Waals surface area contributed by atoms with Crippen molar-refractivity contribution in [3.8, 4) is 0 Å². The maximum absolute atomic E-state index is 10.4. The lowest BCUT2D eigenvalue weighted by molar-refractivity contribution is 0.174. The standard InChI is InChI=1S/C14H18BrN3O/c1-4-11-14(15)12(18(3)17-11)8-13(19)10-6-5-7-16-9(10)2/h5-7,13,19H,4,8H2,1-3H3.